The summed E-state index contributed by atoms with van der Waals surface area (Å²) in [5.74, 6) is 0. The molecule has 1 atom stereocenters. The third-order valence-corrected chi connectivity index (χ3v) is 6.10. The molecule has 0 aromatic heterocycles. The average molecular weight is 275 g/mol. The van der Waals surface area contributed by atoms with Gasteiger partial charge in [-0.15, -0.1) is 0 Å². The van der Waals surface area contributed by atoms with E-state index in [2.05, 4.69) is 0 Å². The Kier molecular flexibility index (Phi) is 5.00. The lowest BCUT2D eigenvalue weighted by Gasteiger charge is -2.39. The molecule has 2 heterocycles. The van der Waals surface area contributed by atoms with Crippen LogP contribution in [0.1, 0.15) is 44.9 Å². The fraction of sp³-hybridized carbons (Fsp3) is 1.00. The number of piperidine rings is 2. The lowest BCUT2D eigenvalue weighted by atomic mass is 10.0. The van der Waals surface area contributed by atoms with Crippen LogP contribution in [0, 0.1) is 0 Å². The van der Waals surface area contributed by atoms with E-state index in [-0.39, 0.29) is 6.04 Å². The third-order valence-electron chi connectivity index (χ3n) is 4.01. The Labute approximate surface area is 110 Å². The Morgan fingerprint density at radius 3 is 2.33 bits per heavy atom. The number of nitrogens with zero attached hydrogens (tertiary/aromatic N) is 2. The van der Waals surface area contributed by atoms with Crippen molar-refractivity contribution in [3.8, 4) is 0 Å². The first-order valence-corrected chi connectivity index (χ1v) is 8.53. The number of hydrogen-bond donors (Lipinski definition) is 1. The van der Waals surface area contributed by atoms with Gasteiger partial charge in [0.2, 0.25) is 0 Å². The highest BCUT2D eigenvalue weighted by Gasteiger charge is 2.36. The highest BCUT2D eigenvalue weighted by Crippen LogP contribution is 2.26. The first-order chi connectivity index (χ1) is 8.66. The molecule has 0 radical (unpaired) electrons. The van der Waals surface area contributed by atoms with E-state index in [4.69, 9.17) is 5.73 Å². The zero-order valence-corrected chi connectivity index (χ0v) is 11.9. The maximum atomic E-state index is 12.6. The second-order valence-corrected chi connectivity index (χ2v) is 7.19. The van der Waals surface area contributed by atoms with Crippen molar-refractivity contribution in [3.05, 3.63) is 0 Å². The van der Waals surface area contributed by atoms with Gasteiger partial charge in [0.1, 0.15) is 0 Å². The Bertz CT molecular complexity index is 350. The summed E-state index contributed by atoms with van der Waals surface area (Å²) in [4.78, 5) is 0. The predicted octanol–water partition coefficient (Wildman–Crippen LogP) is 0.920. The van der Waals surface area contributed by atoms with Gasteiger partial charge in [-0.3, -0.25) is 0 Å². The lowest BCUT2D eigenvalue weighted by molar-refractivity contribution is 0.217. The summed E-state index contributed by atoms with van der Waals surface area (Å²) in [5.41, 5.74) is 5.61. The molecule has 2 N–H and O–H groups in total. The molecule has 1 unspecified atom stereocenters. The van der Waals surface area contributed by atoms with Crippen molar-refractivity contribution in [2.45, 2.75) is 51.0 Å². The van der Waals surface area contributed by atoms with Crippen LogP contribution < -0.4 is 5.73 Å². The van der Waals surface area contributed by atoms with Crippen molar-refractivity contribution < 1.29 is 8.42 Å². The molecule has 2 saturated heterocycles. The van der Waals surface area contributed by atoms with E-state index in [0.29, 0.717) is 26.2 Å². The Balaban J connectivity index is 2.10. The summed E-state index contributed by atoms with van der Waals surface area (Å²) in [7, 11) is -3.25. The van der Waals surface area contributed by atoms with Crippen LogP contribution in [0.3, 0.4) is 0 Å². The molecule has 0 aliphatic carbocycles. The molecule has 2 fully saturated rings. The minimum absolute atomic E-state index is 0.121. The molecule has 5 nitrogen and oxygen atoms in total. The Hall–Kier alpha value is -0.170. The number of hydrogen-bond acceptors (Lipinski definition) is 3. The molecule has 106 valence electrons. The summed E-state index contributed by atoms with van der Waals surface area (Å²) in [6.07, 6.45) is 6.99. The fourth-order valence-electron chi connectivity index (χ4n) is 3.00. The second-order valence-electron chi connectivity index (χ2n) is 5.31. The fourth-order valence-corrected chi connectivity index (χ4v) is 4.97. The topological polar surface area (TPSA) is 66.6 Å². The molecule has 0 bridgehead atoms. The summed E-state index contributed by atoms with van der Waals surface area (Å²) in [5, 5.41) is 0. The lowest BCUT2D eigenvalue weighted by Crippen LogP contribution is -2.52. The molecule has 2 rings (SSSR count). The molecule has 6 heteroatoms. The minimum Gasteiger partial charge on any atom is -0.330 e. The molecule has 0 aromatic rings. The van der Waals surface area contributed by atoms with E-state index >= 15 is 0 Å². The molecule has 0 amide bonds. The number of rotatable bonds is 4. The highest BCUT2D eigenvalue weighted by molar-refractivity contribution is 7.86. The molecule has 0 aromatic carbocycles. The van der Waals surface area contributed by atoms with Crippen LogP contribution in [0.2, 0.25) is 0 Å². The van der Waals surface area contributed by atoms with Crippen LogP contribution in [0.4, 0.5) is 0 Å². The largest absolute Gasteiger partial charge is 0.330 e. The third kappa shape index (κ3) is 3.04. The van der Waals surface area contributed by atoms with Crippen molar-refractivity contribution in [1.29, 1.82) is 0 Å². The second kappa shape index (κ2) is 6.32. The van der Waals surface area contributed by atoms with Crippen LogP contribution in [-0.4, -0.2) is 49.2 Å². The van der Waals surface area contributed by atoms with Gasteiger partial charge >= 0.3 is 0 Å². The van der Waals surface area contributed by atoms with Gasteiger partial charge in [0.25, 0.3) is 10.2 Å². The van der Waals surface area contributed by atoms with E-state index < -0.39 is 10.2 Å². The maximum absolute atomic E-state index is 12.6. The van der Waals surface area contributed by atoms with Crippen molar-refractivity contribution in [1.82, 2.24) is 8.61 Å². The summed E-state index contributed by atoms with van der Waals surface area (Å²) < 4.78 is 28.7. The van der Waals surface area contributed by atoms with Crippen molar-refractivity contribution in [2.24, 2.45) is 5.73 Å². The molecule has 0 saturated carbocycles. The van der Waals surface area contributed by atoms with Crippen LogP contribution in [-0.2, 0) is 10.2 Å². The van der Waals surface area contributed by atoms with Gasteiger partial charge in [0, 0.05) is 25.7 Å². The first-order valence-electron chi connectivity index (χ1n) is 7.13. The van der Waals surface area contributed by atoms with Crippen LogP contribution in [0.5, 0.6) is 0 Å². The summed E-state index contributed by atoms with van der Waals surface area (Å²) in [6.45, 7) is 2.61. The van der Waals surface area contributed by atoms with E-state index in [1.807, 2.05) is 0 Å². The molecule has 2 aliphatic rings. The van der Waals surface area contributed by atoms with Crippen molar-refractivity contribution in [2.75, 3.05) is 26.2 Å². The normalized spacial score (nSPS) is 28.4. The molecular formula is C12H25N3O2S. The van der Waals surface area contributed by atoms with Crippen LogP contribution in [0.15, 0.2) is 0 Å². The summed E-state index contributed by atoms with van der Waals surface area (Å²) in [6, 6.07) is 0.121. The van der Waals surface area contributed by atoms with E-state index in [1.165, 1.54) is 0 Å². The smallest absolute Gasteiger partial charge is 0.282 e. The average Bonchev–Trinajstić information content (AvgIpc) is 2.41. The van der Waals surface area contributed by atoms with Crippen LogP contribution in [0.25, 0.3) is 0 Å². The zero-order valence-electron chi connectivity index (χ0n) is 11.1. The van der Waals surface area contributed by atoms with Gasteiger partial charge in [0.15, 0.2) is 0 Å². The molecule has 2 aliphatic heterocycles. The van der Waals surface area contributed by atoms with E-state index in [1.54, 1.807) is 8.61 Å². The van der Waals surface area contributed by atoms with Crippen molar-refractivity contribution in [3.63, 3.8) is 0 Å². The standard InChI is InChI=1S/C12H25N3O2S/c13-8-7-12-6-2-5-11-15(12)18(16,17)14-9-3-1-4-10-14/h12H,1-11,13H2. The maximum Gasteiger partial charge on any atom is 0.282 e. The predicted molar refractivity (Wildman–Crippen MR) is 72.4 cm³/mol. The first kappa shape index (κ1) is 14.2. The Morgan fingerprint density at radius 1 is 1.00 bits per heavy atom. The van der Waals surface area contributed by atoms with Crippen molar-refractivity contribution >= 4 is 10.2 Å². The van der Waals surface area contributed by atoms with Gasteiger partial charge < -0.3 is 5.73 Å². The number of nitrogens with two attached hydrogens (primary N) is 1. The van der Waals surface area contributed by atoms with Gasteiger partial charge in [-0.25, -0.2) is 0 Å². The highest BCUT2D eigenvalue weighted by atomic mass is 32.2. The van der Waals surface area contributed by atoms with E-state index in [0.717, 1.165) is 44.9 Å². The zero-order chi connectivity index (χ0) is 13.0. The minimum atomic E-state index is -3.25. The van der Waals surface area contributed by atoms with Gasteiger partial charge in [0.05, 0.1) is 0 Å². The van der Waals surface area contributed by atoms with Gasteiger partial charge in [-0.1, -0.05) is 12.8 Å². The van der Waals surface area contributed by atoms with Crippen LogP contribution >= 0.6 is 0 Å². The Morgan fingerprint density at radius 2 is 1.67 bits per heavy atom. The molecular weight excluding hydrogens is 250 g/mol. The quantitative estimate of drug-likeness (QED) is 0.829. The van der Waals surface area contributed by atoms with E-state index in [9.17, 15) is 8.42 Å². The van der Waals surface area contributed by atoms with Gasteiger partial charge in [-0.2, -0.15) is 17.0 Å². The summed E-state index contributed by atoms with van der Waals surface area (Å²) >= 11 is 0. The SMILES string of the molecule is NCCC1CCCCN1S(=O)(=O)N1CCCCC1. The molecule has 0 spiro atoms. The monoisotopic (exact) mass is 275 g/mol. The van der Waals surface area contributed by atoms with Gasteiger partial charge in [-0.05, 0) is 38.6 Å². The molecule has 18 heavy (non-hydrogen) atoms.